The summed E-state index contributed by atoms with van der Waals surface area (Å²) < 4.78 is 32.8. The Kier molecular flexibility index (Phi) is 4.01. The van der Waals surface area contributed by atoms with E-state index < -0.39 is 10.0 Å². The van der Waals surface area contributed by atoms with Gasteiger partial charge in [0.15, 0.2) is 0 Å². The molecule has 0 N–H and O–H groups in total. The minimum Gasteiger partial charge on any atom is -0.495 e. The number of methoxy groups -OCH3 is 1. The van der Waals surface area contributed by atoms with Gasteiger partial charge in [-0.15, -0.1) is 11.3 Å². The molecule has 0 aliphatic heterocycles. The topological polar surface area (TPSA) is 46.6 Å². The van der Waals surface area contributed by atoms with Crippen LogP contribution in [-0.4, -0.2) is 25.9 Å². The Bertz CT molecular complexity index is 706. The highest BCUT2D eigenvalue weighted by molar-refractivity contribution is 7.89. The summed E-state index contributed by atoms with van der Waals surface area (Å²) in [6.45, 7) is 0.433. The van der Waals surface area contributed by atoms with E-state index in [1.165, 1.54) is 7.11 Å². The zero-order valence-electron chi connectivity index (χ0n) is 11.7. The van der Waals surface area contributed by atoms with Gasteiger partial charge in [0.25, 0.3) is 0 Å². The van der Waals surface area contributed by atoms with E-state index in [0.29, 0.717) is 12.3 Å². The zero-order chi connectivity index (χ0) is 14.9. The number of rotatable bonds is 6. The third-order valence-electron chi connectivity index (χ3n) is 3.50. The maximum Gasteiger partial charge on any atom is 0.247 e. The quantitative estimate of drug-likeness (QED) is 0.820. The minimum atomic E-state index is -3.54. The Morgan fingerprint density at radius 2 is 2.00 bits per heavy atom. The molecular weight excluding hydrogens is 306 g/mol. The van der Waals surface area contributed by atoms with Crippen molar-refractivity contribution in [3.05, 3.63) is 46.7 Å². The van der Waals surface area contributed by atoms with Gasteiger partial charge < -0.3 is 4.74 Å². The first-order valence-corrected chi connectivity index (χ1v) is 9.12. The van der Waals surface area contributed by atoms with Crippen LogP contribution in [0.2, 0.25) is 0 Å². The van der Waals surface area contributed by atoms with E-state index in [1.807, 2.05) is 17.5 Å². The van der Waals surface area contributed by atoms with Gasteiger partial charge in [-0.05, 0) is 36.4 Å². The molecule has 0 radical (unpaired) electrons. The molecule has 1 heterocycles. The second-order valence-electron chi connectivity index (χ2n) is 5.01. The van der Waals surface area contributed by atoms with Crippen LogP contribution in [0.25, 0.3) is 0 Å². The van der Waals surface area contributed by atoms with Crippen LogP contribution in [0.15, 0.2) is 46.7 Å². The number of thiophene rings is 1. The molecule has 4 nitrogen and oxygen atoms in total. The standard InChI is InChI=1S/C15H17NO3S2/c1-19-14-6-2-3-7-15(14)21(17,18)16(12-8-9-12)11-13-5-4-10-20-13/h2-7,10,12H,8-9,11H2,1H3. The van der Waals surface area contributed by atoms with Crippen molar-refractivity contribution in [3.8, 4) is 5.75 Å². The molecular formula is C15H17NO3S2. The summed E-state index contributed by atoms with van der Waals surface area (Å²) in [5, 5.41) is 1.97. The van der Waals surface area contributed by atoms with Crippen LogP contribution in [-0.2, 0) is 16.6 Å². The molecule has 0 saturated heterocycles. The van der Waals surface area contributed by atoms with Crippen LogP contribution < -0.4 is 4.74 Å². The van der Waals surface area contributed by atoms with Gasteiger partial charge in [-0.3, -0.25) is 0 Å². The maximum absolute atomic E-state index is 13.0. The lowest BCUT2D eigenvalue weighted by Gasteiger charge is -2.22. The highest BCUT2D eigenvalue weighted by Gasteiger charge is 2.39. The van der Waals surface area contributed by atoms with Crippen LogP contribution in [0.1, 0.15) is 17.7 Å². The molecule has 2 aromatic rings. The largest absolute Gasteiger partial charge is 0.495 e. The Morgan fingerprint density at radius 3 is 2.62 bits per heavy atom. The second kappa shape index (κ2) is 5.79. The fourth-order valence-corrected chi connectivity index (χ4v) is 4.89. The van der Waals surface area contributed by atoms with Crippen molar-refractivity contribution in [2.75, 3.05) is 7.11 Å². The third-order valence-corrected chi connectivity index (χ3v) is 6.30. The molecule has 0 atom stereocenters. The van der Waals surface area contributed by atoms with Crippen LogP contribution in [0, 0.1) is 0 Å². The summed E-state index contributed by atoms with van der Waals surface area (Å²) in [6, 6.07) is 10.8. The Morgan fingerprint density at radius 1 is 1.24 bits per heavy atom. The first-order chi connectivity index (χ1) is 10.1. The maximum atomic E-state index is 13.0. The van der Waals surface area contributed by atoms with E-state index in [0.717, 1.165) is 17.7 Å². The van der Waals surface area contributed by atoms with E-state index in [2.05, 4.69) is 0 Å². The molecule has 1 fully saturated rings. The Balaban J connectivity index is 1.97. The number of para-hydroxylation sites is 1. The lowest BCUT2D eigenvalue weighted by molar-refractivity contribution is 0.383. The SMILES string of the molecule is COc1ccccc1S(=O)(=O)N(Cc1cccs1)C1CC1. The first kappa shape index (κ1) is 14.6. The molecule has 1 aromatic carbocycles. The summed E-state index contributed by atoms with van der Waals surface area (Å²) in [5.41, 5.74) is 0. The zero-order valence-corrected chi connectivity index (χ0v) is 13.4. The molecule has 1 aromatic heterocycles. The number of nitrogens with zero attached hydrogens (tertiary/aromatic N) is 1. The van der Waals surface area contributed by atoms with Gasteiger partial charge >= 0.3 is 0 Å². The van der Waals surface area contributed by atoms with Crippen molar-refractivity contribution in [1.82, 2.24) is 4.31 Å². The lowest BCUT2D eigenvalue weighted by atomic mass is 10.3. The highest BCUT2D eigenvalue weighted by atomic mass is 32.2. The van der Waals surface area contributed by atoms with Crippen molar-refractivity contribution in [1.29, 1.82) is 0 Å². The molecule has 21 heavy (non-hydrogen) atoms. The molecule has 3 rings (SSSR count). The molecule has 0 amide bonds. The van der Waals surface area contributed by atoms with Gasteiger partial charge in [-0.25, -0.2) is 8.42 Å². The molecule has 112 valence electrons. The monoisotopic (exact) mass is 323 g/mol. The van der Waals surface area contributed by atoms with Gasteiger partial charge in [0.05, 0.1) is 7.11 Å². The molecule has 1 aliphatic rings. The second-order valence-corrected chi connectivity index (χ2v) is 7.90. The summed E-state index contributed by atoms with van der Waals surface area (Å²) >= 11 is 1.58. The molecule has 1 aliphatic carbocycles. The average Bonchev–Trinajstić information content (AvgIpc) is 3.20. The first-order valence-electron chi connectivity index (χ1n) is 6.80. The van der Waals surface area contributed by atoms with Gasteiger partial charge in [-0.1, -0.05) is 18.2 Å². The predicted octanol–water partition coefficient (Wildman–Crippen LogP) is 3.11. The molecule has 0 unspecified atom stereocenters. The van der Waals surface area contributed by atoms with Gasteiger partial charge in [0.1, 0.15) is 10.6 Å². The van der Waals surface area contributed by atoms with Crippen molar-refractivity contribution in [2.24, 2.45) is 0 Å². The summed E-state index contributed by atoms with van der Waals surface area (Å²) in [4.78, 5) is 1.30. The van der Waals surface area contributed by atoms with Gasteiger partial charge in [0.2, 0.25) is 10.0 Å². The van der Waals surface area contributed by atoms with E-state index in [9.17, 15) is 8.42 Å². The van der Waals surface area contributed by atoms with Crippen molar-refractivity contribution in [2.45, 2.75) is 30.3 Å². The van der Waals surface area contributed by atoms with E-state index in [1.54, 1.807) is 39.9 Å². The van der Waals surface area contributed by atoms with E-state index in [-0.39, 0.29) is 10.9 Å². The normalized spacial score (nSPS) is 15.3. The van der Waals surface area contributed by atoms with Gasteiger partial charge in [0, 0.05) is 17.5 Å². The van der Waals surface area contributed by atoms with Crippen LogP contribution >= 0.6 is 11.3 Å². The number of benzene rings is 1. The van der Waals surface area contributed by atoms with Crippen LogP contribution in [0.3, 0.4) is 0 Å². The summed E-state index contributed by atoms with van der Waals surface area (Å²) in [7, 11) is -2.05. The molecule has 6 heteroatoms. The number of hydrogen-bond donors (Lipinski definition) is 0. The Labute approximate surface area is 129 Å². The highest BCUT2D eigenvalue weighted by Crippen LogP contribution is 2.36. The number of sulfonamides is 1. The minimum absolute atomic E-state index is 0.113. The summed E-state index contributed by atoms with van der Waals surface area (Å²) in [5.74, 6) is 0.398. The number of hydrogen-bond acceptors (Lipinski definition) is 4. The lowest BCUT2D eigenvalue weighted by Crippen LogP contribution is -2.32. The Hall–Kier alpha value is -1.37. The van der Waals surface area contributed by atoms with Gasteiger partial charge in [-0.2, -0.15) is 4.31 Å². The van der Waals surface area contributed by atoms with E-state index >= 15 is 0 Å². The fourth-order valence-electron chi connectivity index (χ4n) is 2.29. The van der Waals surface area contributed by atoms with Crippen LogP contribution in [0.4, 0.5) is 0 Å². The fraction of sp³-hybridized carbons (Fsp3) is 0.333. The van der Waals surface area contributed by atoms with Crippen molar-refractivity contribution >= 4 is 21.4 Å². The van der Waals surface area contributed by atoms with Crippen molar-refractivity contribution in [3.63, 3.8) is 0 Å². The van der Waals surface area contributed by atoms with Crippen molar-refractivity contribution < 1.29 is 13.2 Å². The van der Waals surface area contributed by atoms with Crippen LogP contribution in [0.5, 0.6) is 5.75 Å². The molecule has 0 bridgehead atoms. The molecule has 0 spiro atoms. The molecule has 1 saturated carbocycles. The number of ether oxygens (including phenoxy) is 1. The third kappa shape index (κ3) is 2.97. The predicted molar refractivity (Wildman–Crippen MR) is 83.1 cm³/mol. The van der Waals surface area contributed by atoms with E-state index in [4.69, 9.17) is 4.74 Å². The summed E-state index contributed by atoms with van der Waals surface area (Å²) in [6.07, 6.45) is 1.86. The smallest absolute Gasteiger partial charge is 0.247 e. The average molecular weight is 323 g/mol.